The summed E-state index contributed by atoms with van der Waals surface area (Å²) in [5.41, 5.74) is 4.42. The van der Waals surface area contributed by atoms with Crippen molar-refractivity contribution in [3.05, 3.63) is 193 Å². The van der Waals surface area contributed by atoms with Crippen LogP contribution < -0.4 is 0 Å². The van der Waals surface area contributed by atoms with E-state index < -0.39 is 23.5 Å². The number of rotatable bonds is 6. The average molecular weight is 853 g/mol. The van der Waals surface area contributed by atoms with Gasteiger partial charge in [-0.15, -0.1) is 0 Å². The summed E-state index contributed by atoms with van der Waals surface area (Å²) >= 11 is 0. The van der Waals surface area contributed by atoms with E-state index in [9.17, 15) is 26.3 Å². The van der Waals surface area contributed by atoms with E-state index in [0.717, 1.165) is 72.6 Å². The van der Waals surface area contributed by atoms with Crippen molar-refractivity contribution in [2.75, 3.05) is 0 Å². The molecular weight excluding hydrogens is 823 g/mol. The van der Waals surface area contributed by atoms with Crippen molar-refractivity contribution in [3.8, 4) is 62.1 Å². The van der Waals surface area contributed by atoms with Crippen molar-refractivity contribution in [1.29, 1.82) is 0 Å². The van der Waals surface area contributed by atoms with Gasteiger partial charge in [0.15, 0.2) is 17.5 Å². The van der Waals surface area contributed by atoms with Crippen LogP contribution in [0.25, 0.3) is 106 Å². The Morgan fingerprint density at radius 3 is 1.55 bits per heavy atom. The Kier molecular flexibility index (Phi) is 8.98. The second kappa shape index (κ2) is 14.8. The van der Waals surface area contributed by atoms with Gasteiger partial charge < -0.3 is 8.98 Å². The molecule has 0 saturated heterocycles. The van der Waals surface area contributed by atoms with E-state index in [-0.39, 0.29) is 17.2 Å². The number of para-hydroxylation sites is 2. The van der Waals surface area contributed by atoms with Crippen LogP contribution in [0.15, 0.2) is 186 Å². The van der Waals surface area contributed by atoms with Crippen LogP contribution in [0.2, 0.25) is 0 Å². The third kappa shape index (κ3) is 6.82. The van der Waals surface area contributed by atoms with E-state index >= 15 is 0 Å². The second-order valence-electron chi connectivity index (χ2n) is 15.5. The van der Waals surface area contributed by atoms with Gasteiger partial charge in [-0.1, -0.05) is 121 Å². The van der Waals surface area contributed by atoms with Gasteiger partial charge in [0.2, 0.25) is 0 Å². The Balaban J connectivity index is 1.20. The summed E-state index contributed by atoms with van der Waals surface area (Å²) in [5.74, 6) is 1.21. The second-order valence-corrected chi connectivity index (χ2v) is 15.5. The van der Waals surface area contributed by atoms with Gasteiger partial charge in [-0.3, -0.25) is 0 Å². The molecule has 0 radical (unpaired) electrons. The molecule has 5 nitrogen and oxygen atoms in total. The SMILES string of the molecule is FC(F)(F)c1cc(-c2ccc3c4ccccc4n(-c4ccc(-c5ccc6oc7ccccc7c6c5)cc4-c4nc(-c5ccccc5)nc(-c5ccccc5)n4)c3c2)cc(C(F)(F)F)c1. The molecule has 64 heavy (non-hydrogen) atoms. The Labute approximate surface area is 360 Å². The molecule has 11 heteroatoms. The molecule has 0 fully saturated rings. The highest BCUT2D eigenvalue weighted by Crippen LogP contribution is 2.43. The van der Waals surface area contributed by atoms with Crippen LogP contribution in [0.1, 0.15) is 11.1 Å². The molecule has 0 saturated carbocycles. The van der Waals surface area contributed by atoms with Crippen LogP contribution in [0, 0.1) is 0 Å². The van der Waals surface area contributed by atoms with Crippen molar-refractivity contribution < 1.29 is 30.8 Å². The molecule has 3 heterocycles. The molecule has 0 aliphatic rings. The van der Waals surface area contributed by atoms with Gasteiger partial charge in [0.25, 0.3) is 0 Å². The zero-order chi connectivity index (χ0) is 43.7. The first-order chi connectivity index (χ1) is 31.0. The molecule has 8 aromatic carbocycles. The lowest BCUT2D eigenvalue weighted by atomic mass is 9.98. The quantitative estimate of drug-likeness (QED) is 0.156. The van der Waals surface area contributed by atoms with Gasteiger partial charge in [-0.05, 0) is 82.9 Å². The number of halogens is 6. The minimum absolute atomic E-state index is 0.141. The summed E-state index contributed by atoms with van der Waals surface area (Å²) in [5, 5.41) is 3.47. The minimum Gasteiger partial charge on any atom is -0.456 e. The fourth-order valence-corrected chi connectivity index (χ4v) is 8.46. The van der Waals surface area contributed by atoms with Crippen LogP contribution in [0.4, 0.5) is 26.3 Å². The molecule has 0 aliphatic carbocycles. The molecule has 3 aromatic heterocycles. The number of alkyl halides is 6. The van der Waals surface area contributed by atoms with Crippen LogP contribution in [-0.2, 0) is 12.4 Å². The summed E-state index contributed by atoms with van der Waals surface area (Å²) < 4.78 is 92.7. The Morgan fingerprint density at radius 2 is 0.875 bits per heavy atom. The highest BCUT2D eigenvalue weighted by Gasteiger charge is 2.37. The molecular formula is C53H30F6N4O. The van der Waals surface area contributed by atoms with Gasteiger partial charge in [0, 0.05) is 38.2 Å². The van der Waals surface area contributed by atoms with Gasteiger partial charge >= 0.3 is 12.4 Å². The zero-order valence-electron chi connectivity index (χ0n) is 33.3. The van der Waals surface area contributed by atoms with Gasteiger partial charge in [-0.2, -0.15) is 26.3 Å². The van der Waals surface area contributed by atoms with E-state index in [0.29, 0.717) is 34.2 Å². The zero-order valence-corrected chi connectivity index (χ0v) is 33.3. The highest BCUT2D eigenvalue weighted by molar-refractivity contribution is 6.11. The smallest absolute Gasteiger partial charge is 0.416 e. The van der Waals surface area contributed by atoms with Crippen molar-refractivity contribution in [2.24, 2.45) is 0 Å². The number of benzene rings is 8. The van der Waals surface area contributed by atoms with Crippen molar-refractivity contribution in [1.82, 2.24) is 19.5 Å². The van der Waals surface area contributed by atoms with Gasteiger partial charge in [0.1, 0.15) is 11.2 Å². The molecule has 310 valence electrons. The monoisotopic (exact) mass is 852 g/mol. The lowest BCUT2D eigenvalue weighted by molar-refractivity contribution is -0.143. The van der Waals surface area contributed by atoms with Crippen LogP contribution in [0.5, 0.6) is 0 Å². The number of furan rings is 1. The lowest BCUT2D eigenvalue weighted by Crippen LogP contribution is -2.11. The Bertz CT molecular complexity index is 3500. The van der Waals surface area contributed by atoms with E-state index in [4.69, 9.17) is 19.4 Å². The normalized spacial score (nSPS) is 12.2. The largest absolute Gasteiger partial charge is 0.456 e. The third-order valence-corrected chi connectivity index (χ3v) is 11.5. The molecule has 11 rings (SSSR count). The molecule has 0 N–H and O–H groups in total. The number of hydrogen-bond donors (Lipinski definition) is 0. The predicted molar refractivity (Wildman–Crippen MR) is 239 cm³/mol. The molecule has 0 spiro atoms. The summed E-state index contributed by atoms with van der Waals surface area (Å²) in [6.07, 6.45) is -10.0. The maximum atomic E-state index is 14.1. The average Bonchev–Trinajstić information content (AvgIpc) is 3.86. The standard InChI is InChI=1S/C53H30F6N4O/c54-52(55,56)37-25-36(26-38(30-37)53(57,58)59)35-19-22-40-39-15-7-9-17-44(39)63(46(40)29-35)45-23-20-33(34-21-24-48-42(27-34)41-16-8-10-18-47(41)64-48)28-43(45)51-61-49(31-11-3-1-4-12-31)60-50(62-51)32-13-5-2-6-14-32/h1-30H. The number of fused-ring (bicyclic) bond motifs is 6. The summed E-state index contributed by atoms with van der Waals surface area (Å²) in [6.45, 7) is 0. The van der Waals surface area contributed by atoms with E-state index in [1.165, 1.54) is 0 Å². The maximum absolute atomic E-state index is 14.1. The number of aromatic nitrogens is 4. The summed E-state index contributed by atoms with van der Waals surface area (Å²) in [6, 6.07) is 53.1. The topological polar surface area (TPSA) is 56.7 Å². The molecule has 0 bridgehead atoms. The van der Waals surface area contributed by atoms with Gasteiger partial charge in [-0.25, -0.2) is 15.0 Å². The molecule has 0 unspecified atom stereocenters. The fraction of sp³-hybridized carbons (Fsp3) is 0.0377. The van der Waals surface area contributed by atoms with E-state index in [2.05, 4.69) is 6.07 Å². The summed E-state index contributed by atoms with van der Waals surface area (Å²) in [7, 11) is 0. The van der Waals surface area contributed by atoms with Gasteiger partial charge in [0.05, 0.1) is 27.8 Å². The predicted octanol–water partition coefficient (Wildman–Crippen LogP) is 15.2. The first-order valence-corrected chi connectivity index (χ1v) is 20.2. The third-order valence-electron chi connectivity index (χ3n) is 11.5. The first-order valence-electron chi connectivity index (χ1n) is 20.2. The Morgan fingerprint density at radius 1 is 0.359 bits per heavy atom. The number of hydrogen-bond acceptors (Lipinski definition) is 4. The Hall–Kier alpha value is -8.05. The molecule has 11 aromatic rings. The summed E-state index contributed by atoms with van der Waals surface area (Å²) in [4.78, 5) is 15.2. The molecule has 0 amide bonds. The molecule has 0 aliphatic heterocycles. The van der Waals surface area contributed by atoms with Crippen LogP contribution in [-0.4, -0.2) is 19.5 Å². The maximum Gasteiger partial charge on any atom is 0.416 e. The van der Waals surface area contributed by atoms with Crippen LogP contribution in [0.3, 0.4) is 0 Å². The van der Waals surface area contributed by atoms with Crippen molar-refractivity contribution in [2.45, 2.75) is 12.4 Å². The van der Waals surface area contributed by atoms with E-state index in [1.54, 1.807) is 18.2 Å². The minimum atomic E-state index is -5.01. The van der Waals surface area contributed by atoms with Crippen molar-refractivity contribution >= 4 is 43.7 Å². The number of nitrogens with zero attached hydrogens (tertiary/aromatic N) is 4. The van der Waals surface area contributed by atoms with E-state index in [1.807, 2.05) is 144 Å². The van der Waals surface area contributed by atoms with Crippen LogP contribution >= 0.6 is 0 Å². The van der Waals surface area contributed by atoms with Crippen molar-refractivity contribution in [3.63, 3.8) is 0 Å². The highest BCUT2D eigenvalue weighted by atomic mass is 19.4. The molecule has 0 atom stereocenters. The first kappa shape index (κ1) is 38.8. The fourth-order valence-electron chi connectivity index (χ4n) is 8.46. The lowest BCUT2D eigenvalue weighted by Gasteiger charge is -2.17.